The molecule has 6 heteroatoms. The molecule has 3 aromatic carbocycles. The second-order valence-corrected chi connectivity index (χ2v) is 11.0. The number of nitrogens with zero attached hydrogens (tertiary/aromatic N) is 1. The predicted molar refractivity (Wildman–Crippen MR) is 137 cm³/mol. The van der Waals surface area contributed by atoms with Crippen LogP contribution >= 0.6 is 0 Å². The second kappa shape index (κ2) is 7.60. The smallest absolute Gasteiger partial charge is 0.239 e. The van der Waals surface area contributed by atoms with E-state index in [-0.39, 0.29) is 5.91 Å². The first-order valence-electron chi connectivity index (χ1n) is 13.0. The van der Waals surface area contributed by atoms with Crippen molar-refractivity contribution in [2.24, 2.45) is 5.41 Å². The van der Waals surface area contributed by atoms with Crippen molar-refractivity contribution < 1.29 is 24.5 Å². The highest BCUT2D eigenvalue weighted by Gasteiger charge is 2.87. The number of aliphatic hydroxyl groups excluding tert-OH is 1. The Hall–Kier alpha value is -3.32. The summed E-state index contributed by atoms with van der Waals surface area (Å²) >= 11 is 0. The van der Waals surface area contributed by atoms with Crippen molar-refractivity contribution in [3.05, 3.63) is 101 Å². The van der Waals surface area contributed by atoms with Crippen molar-refractivity contribution >= 4 is 17.9 Å². The van der Waals surface area contributed by atoms with Crippen LogP contribution in [0.4, 0.5) is 5.69 Å². The van der Waals surface area contributed by atoms with Crippen LogP contribution in [-0.4, -0.2) is 33.7 Å². The van der Waals surface area contributed by atoms with Crippen LogP contribution in [0.2, 0.25) is 0 Å². The van der Waals surface area contributed by atoms with Crippen LogP contribution in [-0.2, 0) is 9.53 Å². The number of aryl methyl sites for hydroxylation is 1. The molecule has 1 saturated carbocycles. The molecule has 7 rings (SSSR count). The van der Waals surface area contributed by atoms with Crippen LogP contribution in [0.1, 0.15) is 76.4 Å². The van der Waals surface area contributed by atoms with Crippen molar-refractivity contribution in [3.8, 4) is 0 Å². The number of benzene rings is 3. The average Bonchev–Trinajstić information content (AvgIpc) is 3.62. The van der Waals surface area contributed by atoms with Gasteiger partial charge < -0.3 is 14.9 Å². The molecule has 37 heavy (non-hydrogen) atoms. The molecular weight excluding hydrogens is 466 g/mol. The van der Waals surface area contributed by atoms with Crippen molar-refractivity contribution in [2.75, 3.05) is 4.90 Å². The fourth-order valence-electron chi connectivity index (χ4n) is 8.03. The lowest BCUT2D eigenvalue weighted by atomic mass is 9.67. The Morgan fingerprint density at radius 3 is 2.24 bits per heavy atom. The summed E-state index contributed by atoms with van der Waals surface area (Å²) in [5.41, 5.74) is 1.49. The van der Waals surface area contributed by atoms with Crippen LogP contribution < -0.4 is 4.90 Å². The van der Waals surface area contributed by atoms with Gasteiger partial charge in [-0.15, -0.1) is 0 Å². The predicted octanol–water partition coefficient (Wildman–Crippen LogP) is 4.74. The van der Waals surface area contributed by atoms with Crippen LogP contribution in [0.5, 0.6) is 0 Å². The van der Waals surface area contributed by atoms with Gasteiger partial charge in [-0.25, -0.2) is 0 Å². The molecule has 2 N–H and O–H groups in total. The molecular formula is C31H29NO5. The number of anilines is 1. The number of amides is 1. The van der Waals surface area contributed by atoms with E-state index < -0.39 is 34.9 Å². The fraction of sp³-hybridized carbons (Fsp3) is 0.355. The highest BCUT2D eigenvalue weighted by atomic mass is 16.6. The number of aliphatic hydroxyl groups is 2. The average molecular weight is 496 g/mol. The zero-order chi connectivity index (χ0) is 25.6. The molecule has 3 aromatic rings. The van der Waals surface area contributed by atoms with Gasteiger partial charge in [0.25, 0.3) is 0 Å². The Morgan fingerprint density at radius 1 is 0.919 bits per heavy atom. The standard InChI is InChI=1S/C31H29NO5/c1-19-10-2-7-15-24(19)32-28(35)29(16-8-9-17-29)31(36)30(32)25(22-13-5-6-14-23(22)27(30)34)26(37-31)21-12-4-3-11-20(21)18-33/h2-7,10-15,18,25-27,34,36H,8-9,16-17H2,1H3/t25-,26+,27-,30-,31+/m0/s1. The first-order valence-corrected chi connectivity index (χ1v) is 13.0. The van der Waals surface area contributed by atoms with Crippen molar-refractivity contribution in [1.82, 2.24) is 0 Å². The summed E-state index contributed by atoms with van der Waals surface area (Å²) in [7, 11) is 0. The van der Waals surface area contributed by atoms with E-state index in [0.29, 0.717) is 35.2 Å². The molecule has 0 unspecified atom stereocenters. The van der Waals surface area contributed by atoms with E-state index in [0.717, 1.165) is 30.3 Å². The first kappa shape index (κ1) is 22.8. The van der Waals surface area contributed by atoms with Gasteiger partial charge in [0.1, 0.15) is 23.3 Å². The Morgan fingerprint density at radius 2 is 1.54 bits per heavy atom. The lowest BCUT2D eigenvalue weighted by Gasteiger charge is -2.45. The molecule has 0 aromatic heterocycles. The zero-order valence-corrected chi connectivity index (χ0v) is 20.6. The molecule has 4 aliphatic rings. The van der Waals surface area contributed by atoms with Crippen molar-refractivity contribution in [3.63, 3.8) is 0 Å². The van der Waals surface area contributed by atoms with Gasteiger partial charge in [-0.2, -0.15) is 0 Å². The first-order chi connectivity index (χ1) is 17.9. The van der Waals surface area contributed by atoms with E-state index in [9.17, 15) is 19.8 Å². The Balaban J connectivity index is 1.59. The molecule has 188 valence electrons. The number of fused-ring (bicyclic) bond motifs is 3. The Labute approximate surface area is 215 Å². The molecule has 3 fully saturated rings. The van der Waals surface area contributed by atoms with Crippen LogP contribution in [0.15, 0.2) is 72.8 Å². The molecule has 5 atom stereocenters. The van der Waals surface area contributed by atoms with Gasteiger partial charge in [0.05, 0.1) is 6.10 Å². The molecule has 6 nitrogen and oxygen atoms in total. The second-order valence-electron chi connectivity index (χ2n) is 11.0. The SMILES string of the molecule is Cc1ccccc1N1C(=O)C2(CCCC2)[C@@]2(O)O[C@H](c3ccccc3C=O)[C@@H]3c4ccccc4[C@H](O)[C@]312. The maximum Gasteiger partial charge on any atom is 0.239 e. The van der Waals surface area contributed by atoms with Gasteiger partial charge in [-0.05, 0) is 48.1 Å². The highest BCUT2D eigenvalue weighted by Crippen LogP contribution is 2.76. The molecule has 1 amide bonds. The maximum atomic E-state index is 14.6. The quantitative estimate of drug-likeness (QED) is 0.513. The van der Waals surface area contributed by atoms with Crippen LogP contribution in [0, 0.1) is 12.3 Å². The van der Waals surface area contributed by atoms with E-state index in [2.05, 4.69) is 0 Å². The van der Waals surface area contributed by atoms with E-state index >= 15 is 0 Å². The Bertz CT molecular complexity index is 1440. The number of rotatable bonds is 3. The number of para-hydroxylation sites is 1. The van der Waals surface area contributed by atoms with E-state index in [1.165, 1.54) is 0 Å². The van der Waals surface area contributed by atoms with E-state index in [1.807, 2.05) is 67.6 Å². The number of hydrogen-bond acceptors (Lipinski definition) is 5. The third-order valence-corrected chi connectivity index (χ3v) is 9.53. The maximum absolute atomic E-state index is 14.6. The van der Waals surface area contributed by atoms with Gasteiger partial charge in [0.15, 0.2) is 0 Å². The van der Waals surface area contributed by atoms with Crippen molar-refractivity contribution in [1.29, 1.82) is 0 Å². The van der Waals surface area contributed by atoms with Crippen LogP contribution in [0.3, 0.4) is 0 Å². The minimum atomic E-state index is -1.97. The summed E-state index contributed by atoms with van der Waals surface area (Å²) in [6.45, 7) is 1.94. The summed E-state index contributed by atoms with van der Waals surface area (Å²) < 4.78 is 6.76. The van der Waals surface area contributed by atoms with Crippen LogP contribution in [0.25, 0.3) is 0 Å². The van der Waals surface area contributed by atoms with Crippen molar-refractivity contribution in [2.45, 2.75) is 62.1 Å². The molecule has 2 spiro atoms. The molecule has 0 radical (unpaired) electrons. The summed E-state index contributed by atoms with van der Waals surface area (Å²) in [5.74, 6) is -2.76. The van der Waals surface area contributed by atoms with E-state index in [1.54, 1.807) is 17.0 Å². The lowest BCUT2D eigenvalue weighted by Crippen LogP contribution is -2.62. The number of hydrogen-bond donors (Lipinski definition) is 2. The molecule has 0 bridgehead atoms. The number of carbonyl (C=O) groups excluding carboxylic acids is 2. The molecule has 2 aliphatic heterocycles. The largest absolute Gasteiger partial charge is 0.386 e. The van der Waals surface area contributed by atoms with E-state index in [4.69, 9.17) is 4.74 Å². The summed E-state index contributed by atoms with van der Waals surface area (Å²) in [6.07, 6.45) is 1.42. The summed E-state index contributed by atoms with van der Waals surface area (Å²) in [6, 6.07) is 22.5. The third kappa shape index (κ3) is 2.47. The molecule has 2 aliphatic carbocycles. The fourth-order valence-corrected chi connectivity index (χ4v) is 8.03. The monoisotopic (exact) mass is 495 g/mol. The molecule has 2 saturated heterocycles. The normalized spacial score (nSPS) is 33.0. The number of aldehydes is 1. The Kier molecular flexibility index (Phi) is 4.69. The topological polar surface area (TPSA) is 87.1 Å². The number of ether oxygens (including phenoxy) is 1. The van der Waals surface area contributed by atoms with Gasteiger partial charge in [0.2, 0.25) is 11.7 Å². The lowest BCUT2D eigenvalue weighted by molar-refractivity contribution is -0.273. The van der Waals surface area contributed by atoms with Gasteiger partial charge in [0, 0.05) is 17.2 Å². The summed E-state index contributed by atoms with van der Waals surface area (Å²) in [5, 5.41) is 25.2. The van der Waals surface area contributed by atoms with Gasteiger partial charge in [-0.1, -0.05) is 79.6 Å². The molecule has 2 heterocycles. The summed E-state index contributed by atoms with van der Waals surface area (Å²) in [4.78, 5) is 28.4. The zero-order valence-electron chi connectivity index (χ0n) is 20.6. The highest BCUT2D eigenvalue weighted by molar-refractivity contribution is 6.05. The number of carbonyl (C=O) groups is 2. The van der Waals surface area contributed by atoms with Gasteiger partial charge >= 0.3 is 0 Å². The third-order valence-electron chi connectivity index (χ3n) is 9.53. The minimum Gasteiger partial charge on any atom is -0.386 e. The van der Waals surface area contributed by atoms with Gasteiger partial charge in [-0.3, -0.25) is 14.5 Å². The minimum absolute atomic E-state index is 0.194.